The van der Waals surface area contributed by atoms with Gasteiger partial charge < -0.3 is 9.88 Å². The van der Waals surface area contributed by atoms with Crippen LogP contribution in [-0.2, 0) is 11.3 Å². The summed E-state index contributed by atoms with van der Waals surface area (Å²) in [4.78, 5) is 16.0. The van der Waals surface area contributed by atoms with E-state index in [1.54, 1.807) is 0 Å². The average Bonchev–Trinajstić information content (AvgIpc) is 2.97. The summed E-state index contributed by atoms with van der Waals surface area (Å²) in [6.45, 7) is 1.58. The Morgan fingerprint density at radius 2 is 2.24 bits per heavy atom. The Bertz CT molecular complexity index is 405. The van der Waals surface area contributed by atoms with E-state index in [2.05, 4.69) is 14.9 Å². The molecule has 0 atom stereocenters. The number of nitrogens with zero attached hydrogens (tertiary/aromatic N) is 2. The Labute approximate surface area is 101 Å². The van der Waals surface area contributed by atoms with Crippen LogP contribution in [0.4, 0.5) is 0 Å². The molecule has 17 heavy (non-hydrogen) atoms. The third-order valence-corrected chi connectivity index (χ3v) is 3.82. The zero-order valence-electron chi connectivity index (χ0n) is 10.1. The van der Waals surface area contributed by atoms with Crippen molar-refractivity contribution >= 4 is 5.91 Å². The molecule has 1 aromatic rings. The molecule has 0 unspecified atom stereocenters. The molecule has 3 rings (SSSR count). The standard InChI is InChI=1S/C13H19N3O/c17-13(11-2-1-3-11)15-7-9-16-8-6-14-12(16)10-4-5-10/h6,8,10-11H,1-5,7,9H2,(H,15,17). The third-order valence-electron chi connectivity index (χ3n) is 3.82. The van der Waals surface area contributed by atoms with E-state index in [0.717, 1.165) is 25.9 Å². The van der Waals surface area contributed by atoms with Crippen LogP contribution >= 0.6 is 0 Å². The molecule has 0 aliphatic heterocycles. The van der Waals surface area contributed by atoms with Gasteiger partial charge in [0, 0.05) is 37.3 Å². The summed E-state index contributed by atoms with van der Waals surface area (Å²) in [6.07, 6.45) is 9.78. The number of rotatable bonds is 5. The minimum absolute atomic E-state index is 0.240. The van der Waals surface area contributed by atoms with Gasteiger partial charge in [0.1, 0.15) is 5.82 Å². The van der Waals surface area contributed by atoms with Crippen LogP contribution in [0.1, 0.15) is 43.8 Å². The molecule has 4 nitrogen and oxygen atoms in total. The van der Waals surface area contributed by atoms with Gasteiger partial charge in [0.25, 0.3) is 0 Å². The lowest BCUT2D eigenvalue weighted by Gasteiger charge is -2.24. The molecule has 2 aliphatic rings. The van der Waals surface area contributed by atoms with Crippen molar-refractivity contribution in [3.8, 4) is 0 Å². The van der Waals surface area contributed by atoms with Crippen molar-refractivity contribution in [2.75, 3.05) is 6.54 Å². The van der Waals surface area contributed by atoms with Crippen LogP contribution in [0, 0.1) is 5.92 Å². The molecule has 1 heterocycles. The van der Waals surface area contributed by atoms with Crippen LogP contribution < -0.4 is 5.32 Å². The molecule has 92 valence electrons. The van der Waals surface area contributed by atoms with E-state index in [9.17, 15) is 4.79 Å². The highest BCUT2D eigenvalue weighted by molar-refractivity contribution is 5.79. The van der Waals surface area contributed by atoms with Crippen molar-refractivity contribution in [2.24, 2.45) is 5.92 Å². The van der Waals surface area contributed by atoms with Crippen molar-refractivity contribution in [1.82, 2.24) is 14.9 Å². The van der Waals surface area contributed by atoms with Crippen LogP contribution in [0.3, 0.4) is 0 Å². The Hall–Kier alpha value is -1.32. The lowest BCUT2D eigenvalue weighted by Crippen LogP contribution is -2.36. The van der Waals surface area contributed by atoms with E-state index < -0.39 is 0 Å². The Morgan fingerprint density at radius 1 is 1.41 bits per heavy atom. The fourth-order valence-electron chi connectivity index (χ4n) is 2.33. The number of imidazole rings is 1. The first-order valence-corrected chi connectivity index (χ1v) is 6.63. The number of hydrogen-bond donors (Lipinski definition) is 1. The van der Waals surface area contributed by atoms with Crippen molar-refractivity contribution in [2.45, 2.75) is 44.6 Å². The summed E-state index contributed by atoms with van der Waals surface area (Å²) < 4.78 is 2.18. The fourth-order valence-corrected chi connectivity index (χ4v) is 2.33. The Kier molecular flexibility index (Phi) is 2.87. The topological polar surface area (TPSA) is 46.9 Å². The van der Waals surface area contributed by atoms with Gasteiger partial charge >= 0.3 is 0 Å². The molecule has 1 N–H and O–H groups in total. The zero-order valence-corrected chi connectivity index (χ0v) is 10.1. The number of carbonyl (C=O) groups excluding carboxylic acids is 1. The van der Waals surface area contributed by atoms with Crippen LogP contribution in [0.15, 0.2) is 12.4 Å². The minimum Gasteiger partial charge on any atom is -0.354 e. The molecular formula is C13H19N3O. The SMILES string of the molecule is O=C(NCCn1ccnc1C1CC1)C1CCC1. The lowest BCUT2D eigenvalue weighted by molar-refractivity contribution is -0.127. The maximum absolute atomic E-state index is 11.6. The third kappa shape index (κ3) is 2.35. The number of nitrogens with one attached hydrogen (secondary N) is 1. The molecule has 2 saturated carbocycles. The first-order valence-electron chi connectivity index (χ1n) is 6.63. The summed E-state index contributed by atoms with van der Waals surface area (Å²) in [6, 6.07) is 0. The van der Waals surface area contributed by atoms with Gasteiger partial charge in [-0.2, -0.15) is 0 Å². The summed E-state index contributed by atoms with van der Waals surface area (Å²) >= 11 is 0. The molecular weight excluding hydrogens is 214 g/mol. The van der Waals surface area contributed by atoms with E-state index in [1.165, 1.54) is 25.1 Å². The van der Waals surface area contributed by atoms with Gasteiger partial charge in [-0.05, 0) is 25.7 Å². The van der Waals surface area contributed by atoms with Crippen molar-refractivity contribution < 1.29 is 4.79 Å². The number of aromatic nitrogens is 2. The largest absolute Gasteiger partial charge is 0.354 e. The maximum atomic E-state index is 11.6. The van der Waals surface area contributed by atoms with Crippen molar-refractivity contribution in [1.29, 1.82) is 0 Å². The second kappa shape index (κ2) is 4.51. The van der Waals surface area contributed by atoms with E-state index in [1.807, 2.05) is 12.4 Å². The highest BCUT2D eigenvalue weighted by atomic mass is 16.1. The summed E-state index contributed by atoms with van der Waals surface area (Å²) in [5.74, 6) is 2.40. The van der Waals surface area contributed by atoms with E-state index in [-0.39, 0.29) is 5.91 Å². The van der Waals surface area contributed by atoms with Gasteiger partial charge in [-0.15, -0.1) is 0 Å². The van der Waals surface area contributed by atoms with Crippen molar-refractivity contribution in [3.63, 3.8) is 0 Å². The molecule has 2 aliphatic carbocycles. The van der Waals surface area contributed by atoms with Gasteiger partial charge in [-0.25, -0.2) is 4.98 Å². The van der Waals surface area contributed by atoms with Crippen LogP contribution in [0.25, 0.3) is 0 Å². The molecule has 0 aromatic carbocycles. The van der Waals surface area contributed by atoms with E-state index in [4.69, 9.17) is 0 Å². The minimum atomic E-state index is 0.240. The molecule has 1 aromatic heterocycles. The zero-order chi connectivity index (χ0) is 11.7. The predicted octanol–water partition coefficient (Wildman–Crippen LogP) is 1.68. The molecule has 0 radical (unpaired) electrons. The van der Waals surface area contributed by atoms with E-state index in [0.29, 0.717) is 11.8 Å². The maximum Gasteiger partial charge on any atom is 0.223 e. The second-order valence-corrected chi connectivity index (χ2v) is 5.17. The van der Waals surface area contributed by atoms with Crippen LogP contribution in [0.2, 0.25) is 0 Å². The van der Waals surface area contributed by atoms with Crippen LogP contribution in [-0.4, -0.2) is 22.0 Å². The highest BCUT2D eigenvalue weighted by Gasteiger charge is 2.28. The van der Waals surface area contributed by atoms with Gasteiger partial charge in [-0.3, -0.25) is 4.79 Å². The fraction of sp³-hybridized carbons (Fsp3) is 0.692. The number of hydrogen-bond acceptors (Lipinski definition) is 2. The first-order chi connectivity index (χ1) is 8.34. The molecule has 1 amide bonds. The Morgan fingerprint density at radius 3 is 2.88 bits per heavy atom. The summed E-state index contributed by atoms with van der Waals surface area (Å²) in [5.41, 5.74) is 0. The quantitative estimate of drug-likeness (QED) is 0.841. The van der Waals surface area contributed by atoms with Gasteiger partial charge in [0.05, 0.1) is 0 Å². The van der Waals surface area contributed by atoms with E-state index >= 15 is 0 Å². The monoisotopic (exact) mass is 233 g/mol. The molecule has 0 bridgehead atoms. The average molecular weight is 233 g/mol. The summed E-state index contributed by atoms with van der Waals surface area (Å²) in [5, 5.41) is 3.02. The van der Waals surface area contributed by atoms with Crippen LogP contribution in [0.5, 0.6) is 0 Å². The number of amides is 1. The smallest absolute Gasteiger partial charge is 0.223 e. The molecule has 2 fully saturated rings. The normalized spacial score (nSPS) is 20.0. The van der Waals surface area contributed by atoms with Gasteiger partial charge in [0.15, 0.2) is 0 Å². The highest BCUT2D eigenvalue weighted by Crippen LogP contribution is 2.38. The number of carbonyl (C=O) groups is 1. The predicted molar refractivity (Wildman–Crippen MR) is 64.6 cm³/mol. The second-order valence-electron chi connectivity index (χ2n) is 5.17. The first kappa shape index (κ1) is 10.8. The van der Waals surface area contributed by atoms with Crippen molar-refractivity contribution in [3.05, 3.63) is 18.2 Å². The molecule has 0 saturated heterocycles. The molecule has 4 heteroatoms. The van der Waals surface area contributed by atoms with Gasteiger partial charge in [-0.1, -0.05) is 6.42 Å². The molecule has 0 spiro atoms. The summed E-state index contributed by atoms with van der Waals surface area (Å²) in [7, 11) is 0. The Balaban J connectivity index is 1.46. The lowest BCUT2D eigenvalue weighted by atomic mass is 9.85. The van der Waals surface area contributed by atoms with Gasteiger partial charge in [0.2, 0.25) is 5.91 Å².